The molecule has 2 aromatic carbocycles. The van der Waals surface area contributed by atoms with E-state index in [0.717, 1.165) is 34.5 Å². The normalized spacial score (nSPS) is 11.1. The number of phenolic OH excluding ortho intramolecular Hbond substituents is 1. The van der Waals surface area contributed by atoms with E-state index in [1.165, 1.54) is 18.0 Å². The maximum atomic E-state index is 12.5. The molecule has 0 aliphatic rings. The second-order valence-corrected chi connectivity index (χ2v) is 9.72. The molecule has 37 heavy (non-hydrogen) atoms. The van der Waals surface area contributed by atoms with Crippen LogP contribution >= 0.6 is 27.7 Å². The summed E-state index contributed by atoms with van der Waals surface area (Å²) >= 11 is 4.71. The van der Waals surface area contributed by atoms with E-state index in [-0.39, 0.29) is 17.4 Å². The van der Waals surface area contributed by atoms with Crippen LogP contribution < -0.4 is 10.3 Å². The van der Waals surface area contributed by atoms with Crippen molar-refractivity contribution in [3.8, 4) is 22.8 Å². The van der Waals surface area contributed by atoms with Crippen molar-refractivity contribution in [2.45, 2.75) is 19.0 Å². The third-order valence-corrected chi connectivity index (χ3v) is 6.96. The van der Waals surface area contributed by atoms with Crippen molar-refractivity contribution < 1.29 is 9.90 Å². The number of carbonyl (C=O) groups excluding carboxylic acids is 1. The monoisotopic (exact) mass is 579 g/mol. The van der Waals surface area contributed by atoms with Crippen LogP contribution in [0.3, 0.4) is 0 Å². The number of anilines is 1. The number of nitrogens with one attached hydrogen (secondary N) is 1. The highest BCUT2D eigenvalue weighted by Gasteiger charge is 2.17. The number of carbonyl (C=O) groups is 1. The standard InChI is InChI=1S/C26H26BrN7O2S/c1-3-33(4-2)22-10-7-18(23(35)14-22)16-29-30-24(36)17-37-26-32-31-25(19-6-5-13-28-15-19)34(26)21-11-8-20(27)9-12-21/h5-16,35H,3-4,17H2,1-2H3,(H,30,36). The van der Waals surface area contributed by atoms with Crippen molar-refractivity contribution in [2.24, 2.45) is 5.10 Å². The smallest absolute Gasteiger partial charge is 0.250 e. The number of halogens is 1. The summed E-state index contributed by atoms with van der Waals surface area (Å²) in [5.74, 6) is 0.488. The van der Waals surface area contributed by atoms with Gasteiger partial charge >= 0.3 is 0 Å². The van der Waals surface area contributed by atoms with Gasteiger partial charge in [0.1, 0.15) is 5.75 Å². The fraction of sp³-hybridized carbons (Fsp3) is 0.192. The first-order chi connectivity index (χ1) is 18.0. The quantitative estimate of drug-likeness (QED) is 0.156. The molecule has 190 valence electrons. The first-order valence-corrected chi connectivity index (χ1v) is 13.4. The van der Waals surface area contributed by atoms with Crippen molar-refractivity contribution in [3.63, 3.8) is 0 Å². The van der Waals surface area contributed by atoms with Crippen LogP contribution in [0.4, 0.5) is 5.69 Å². The van der Waals surface area contributed by atoms with Gasteiger partial charge in [0.25, 0.3) is 5.91 Å². The van der Waals surface area contributed by atoms with E-state index in [1.807, 2.05) is 47.0 Å². The Morgan fingerprint density at radius 3 is 2.62 bits per heavy atom. The minimum atomic E-state index is -0.311. The summed E-state index contributed by atoms with van der Waals surface area (Å²) in [6.45, 7) is 5.81. The van der Waals surface area contributed by atoms with Gasteiger partial charge in [0.15, 0.2) is 11.0 Å². The summed E-state index contributed by atoms with van der Waals surface area (Å²) in [4.78, 5) is 18.8. The van der Waals surface area contributed by atoms with Gasteiger partial charge in [0.2, 0.25) is 0 Å². The second kappa shape index (κ2) is 12.5. The van der Waals surface area contributed by atoms with Crippen molar-refractivity contribution >= 4 is 45.5 Å². The van der Waals surface area contributed by atoms with E-state index in [9.17, 15) is 9.90 Å². The molecule has 0 atom stereocenters. The zero-order chi connectivity index (χ0) is 26.2. The zero-order valence-corrected chi connectivity index (χ0v) is 22.8. The van der Waals surface area contributed by atoms with Crippen LogP contribution in [0.15, 0.2) is 81.7 Å². The highest BCUT2D eigenvalue weighted by atomic mass is 79.9. The SMILES string of the molecule is CCN(CC)c1ccc(C=NNC(=O)CSc2nnc(-c3cccnc3)n2-c2ccc(Br)cc2)c(O)c1. The molecule has 0 radical (unpaired) electrons. The number of hydrazone groups is 1. The highest BCUT2D eigenvalue weighted by molar-refractivity contribution is 9.10. The van der Waals surface area contributed by atoms with Gasteiger partial charge in [-0.15, -0.1) is 10.2 Å². The number of amides is 1. The Bertz CT molecular complexity index is 1370. The van der Waals surface area contributed by atoms with Gasteiger partial charge in [-0.05, 0) is 62.4 Å². The number of hydrogen-bond acceptors (Lipinski definition) is 8. The molecule has 9 nitrogen and oxygen atoms in total. The van der Waals surface area contributed by atoms with Gasteiger partial charge < -0.3 is 10.0 Å². The largest absolute Gasteiger partial charge is 0.507 e. The molecule has 4 aromatic rings. The summed E-state index contributed by atoms with van der Waals surface area (Å²) in [6, 6.07) is 16.9. The van der Waals surface area contributed by atoms with Crippen LogP contribution in [-0.4, -0.2) is 55.8 Å². The molecular weight excluding hydrogens is 554 g/mol. The van der Waals surface area contributed by atoms with Crippen LogP contribution in [0.1, 0.15) is 19.4 Å². The van der Waals surface area contributed by atoms with E-state index < -0.39 is 0 Å². The van der Waals surface area contributed by atoms with E-state index in [4.69, 9.17) is 0 Å². The average Bonchev–Trinajstić information content (AvgIpc) is 3.34. The van der Waals surface area contributed by atoms with E-state index >= 15 is 0 Å². The Morgan fingerprint density at radius 1 is 1.16 bits per heavy atom. The Hall–Kier alpha value is -3.70. The lowest BCUT2D eigenvalue weighted by Gasteiger charge is -2.21. The van der Waals surface area contributed by atoms with Gasteiger partial charge in [0.05, 0.1) is 12.0 Å². The number of thioether (sulfide) groups is 1. The molecule has 2 aromatic heterocycles. The Balaban J connectivity index is 1.44. The molecule has 0 saturated heterocycles. The summed E-state index contributed by atoms with van der Waals surface area (Å²) in [6.07, 6.45) is 4.84. The van der Waals surface area contributed by atoms with Gasteiger partial charge in [-0.1, -0.05) is 27.7 Å². The number of aromatic nitrogens is 4. The molecular formula is C26H26BrN7O2S. The van der Waals surface area contributed by atoms with Gasteiger partial charge in [-0.25, -0.2) is 5.43 Å². The topological polar surface area (TPSA) is 109 Å². The Labute approximate surface area is 227 Å². The lowest BCUT2D eigenvalue weighted by Crippen LogP contribution is -2.21. The summed E-state index contributed by atoms with van der Waals surface area (Å²) < 4.78 is 2.84. The molecule has 0 bridgehead atoms. The molecule has 4 rings (SSSR count). The fourth-order valence-electron chi connectivity index (χ4n) is 3.63. The Morgan fingerprint density at radius 2 is 1.95 bits per heavy atom. The number of pyridine rings is 1. The lowest BCUT2D eigenvalue weighted by atomic mass is 10.2. The van der Waals surface area contributed by atoms with Crippen LogP contribution in [0.5, 0.6) is 5.75 Å². The molecule has 0 spiro atoms. The maximum Gasteiger partial charge on any atom is 0.250 e. The van der Waals surface area contributed by atoms with Gasteiger partial charge in [-0.3, -0.25) is 14.3 Å². The number of phenols is 1. The van der Waals surface area contributed by atoms with E-state index in [1.54, 1.807) is 24.5 Å². The number of aromatic hydroxyl groups is 1. The predicted molar refractivity (Wildman–Crippen MR) is 150 cm³/mol. The van der Waals surface area contributed by atoms with Crippen molar-refractivity contribution in [1.29, 1.82) is 0 Å². The lowest BCUT2D eigenvalue weighted by molar-refractivity contribution is -0.118. The summed E-state index contributed by atoms with van der Waals surface area (Å²) in [5, 5.41) is 23.6. The van der Waals surface area contributed by atoms with Gasteiger partial charge in [0, 0.05) is 58.5 Å². The van der Waals surface area contributed by atoms with Crippen molar-refractivity contribution in [2.75, 3.05) is 23.7 Å². The molecule has 2 N–H and O–H groups in total. The number of rotatable bonds is 10. The van der Waals surface area contributed by atoms with Crippen molar-refractivity contribution in [3.05, 3.63) is 77.0 Å². The molecule has 11 heteroatoms. The van der Waals surface area contributed by atoms with Crippen LogP contribution in [0, 0.1) is 0 Å². The first kappa shape index (κ1) is 26.4. The summed E-state index contributed by atoms with van der Waals surface area (Å²) in [5.41, 5.74) is 5.62. The van der Waals surface area contributed by atoms with Crippen LogP contribution in [0.25, 0.3) is 17.1 Å². The Kier molecular flexibility index (Phi) is 8.91. The number of hydrogen-bond donors (Lipinski definition) is 2. The first-order valence-electron chi connectivity index (χ1n) is 11.6. The average molecular weight is 581 g/mol. The molecule has 0 aliphatic carbocycles. The molecule has 0 saturated carbocycles. The third kappa shape index (κ3) is 6.55. The second-order valence-electron chi connectivity index (χ2n) is 7.86. The molecule has 0 aliphatic heterocycles. The molecule has 0 unspecified atom stereocenters. The predicted octanol–water partition coefficient (Wildman–Crippen LogP) is 4.89. The zero-order valence-electron chi connectivity index (χ0n) is 20.4. The van der Waals surface area contributed by atoms with E-state index in [2.05, 4.69) is 60.4 Å². The highest BCUT2D eigenvalue weighted by Crippen LogP contribution is 2.28. The number of nitrogens with zero attached hydrogens (tertiary/aromatic N) is 6. The van der Waals surface area contributed by atoms with Crippen LogP contribution in [0.2, 0.25) is 0 Å². The third-order valence-electron chi connectivity index (χ3n) is 5.51. The minimum Gasteiger partial charge on any atom is -0.507 e. The molecule has 1 amide bonds. The molecule has 2 heterocycles. The van der Waals surface area contributed by atoms with Gasteiger partial charge in [-0.2, -0.15) is 5.10 Å². The molecule has 0 fully saturated rings. The summed E-state index contributed by atoms with van der Waals surface area (Å²) in [7, 11) is 0. The van der Waals surface area contributed by atoms with Crippen molar-refractivity contribution in [1.82, 2.24) is 25.2 Å². The van der Waals surface area contributed by atoms with Crippen LogP contribution in [-0.2, 0) is 4.79 Å². The maximum absolute atomic E-state index is 12.5. The number of benzene rings is 2. The fourth-order valence-corrected chi connectivity index (χ4v) is 4.64. The minimum absolute atomic E-state index is 0.0753. The van der Waals surface area contributed by atoms with E-state index in [0.29, 0.717) is 16.5 Å².